The highest BCUT2D eigenvalue weighted by molar-refractivity contribution is 9.10. The Morgan fingerprint density at radius 1 is 0.841 bits per heavy atom. The van der Waals surface area contributed by atoms with Gasteiger partial charge in [-0.1, -0.05) is 52.3 Å². The summed E-state index contributed by atoms with van der Waals surface area (Å²) >= 11 is 3.41. The number of hydrogen-bond donors (Lipinski definition) is 0. The number of carbonyl (C=O) groups excluding carboxylic acids is 1. The van der Waals surface area contributed by atoms with Crippen molar-refractivity contribution in [3.63, 3.8) is 0 Å². The maximum atomic E-state index is 14.2. The smallest absolute Gasteiger partial charge is 0.485 e. The molecule has 0 N–H and O–H groups in total. The van der Waals surface area contributed by atoms with Gasteiger partial charge in [-0.2, -0.15) is 30.9 Å². The van der Waals surface area contributed by atoms with E-state index in [1.165, 1.54) is 11.0 Å². The molecule has 5 rings (SSSR count). The zero-order chi connectivity index (χ0) is 32.4. The minimum Gasteiger partial charge on any atom is -0.741 e. The average molecular weight is 703 g/mol. The van der Waals surface area contributed by atoms with Crippen LogP contribution < -0.4 is 4.57 Å². The van der Waals surface area contributed by atoms with E-state index in [1.807, 2.05) is 84.4 Å². The molecule has 0 fully saturated rings. The predicted octanol–water partition coefficient (Wildman–Crippen LogP) is 7.09. The summed E-state index contributed by atoms with van der Waals surface area (Å²) in [5, 5.41) is 1.53. The molecule has 0 aliphatic heterocycles. The molecular formula is C29H21BrF6N2O5S. The van der Waals surface area contributed by atoms with Gasteiger partial charge in [0.2, 0.25) is 16.8 Å². The van der Waals surface area contributed by atoms with E-state index in [-0.39, 0.29) is 24.8 Å². The van der Waals surface area contributed by atoms with Crippen LogP contribution in [0, 0.1) is 0 Å². The Morgan fingerprint density at radius 3 is 1.80 bits per heavy atom. The average Bonchev–Trinajstić information content (AvgIpc) is 3.43. The zero-order valence-electron chi connectivity index (χ0n) is 22.5. The standard InChI is InChI=1S/C28H21BrF3N2O2.CHF3O3S/c1-33-23-8-4-2-6-21(23)26(22-7-3-5-9-24(22)33)27(35)34(16-18-10-12-19(29)13-11-18)17-20-14-15-25(36-20)28(30,31)32;2-1(3,4)8(5,6)7/h2-15H,16-17H2,1H3;(H,5,6,7)/q+1;/p-1. The number of pyridine rings is 1. The van der Waals surface area contributed by atoms with E-state index in [9.17, 15) is 31.1 Å². The van der Waals surface area contributed by atoms with Crippen LogP contribution in [0.1, 0.15) is 27.4 Å². The number of rotatable bonds is 5. The summed E-state index contributed by atoms with van der Waals surface area (Å²) in [6.07, 6.45) is -4.60. The molecule has 44 heavy (non-hydrogen) atoms. The van der Waals surface area contributed by atoms with Gasteiger partial charge in [-0.3, -0.25) is 4.79 Å². The van der Waals surface area contributed by atoms with Gasteiger partial charge >= 0.3 is 11.7 Å². The Labute approximate surface area is 255 Å². The number of halogens is 7. The lowest BCUT2D eigenvalue weighted by Gasteiger charge is -2.23. The zero-order valence-corrected chi connectivity index (χ0v) is 24.9. The summed E-state index contributed by atoms with van der Waals surface area (Å²) in [6, 6.07) is 24.9. The summed E-state index contributed by atoms with van der Waals surface area (Å²) in [4.78, 5) is 15.7. The van der Waals surface area contributed by atoms with Crippen LogP contribution in [0.15, 0.2) is 93.8 Å². The molecule has 0 bridgehead atoms. The number of carbonyl (C=O) groups is 1. The van der Waals surface area contributed by atoms with Crippen molar-refractivity contribution in [1.82, 2.24) is 4.90 Å². The van der Waals surface area contributed by atoms with Gasteiger partial charge < -0.3 is 13.9 Å². The second kappa shape index (κ2) is 12.6. The fourth-order valence-corrected chi connectivity index (χ4v) is 4.70. The van der Waals surface area contributed by atoms with E-state index < -0.39 is 27.6 Å². The van der Waals surface area contributed by atoms with Gasteiger partial charge in [0.25, 0.3) is 5.91 Å². The minimum atomic E-state index is -6.09. The lowest BCUT2D eigenvalue weighted by atomic mass is 10.0. The molecule has 0 atom stereocenters. The largest absolute Gasteiger partial charge is 0.741 e. The first kappa shape index (κ1) is 33.0. The normalized spacial score (nSPS) is 12.2. The van der Waals surface area contributed by atoms with Crippen molar-refractivity contribution in [3.8, 4) is 0 Å². The third-order valence-corrected chi connectivity index (χ3v) is 7.52. The molecule has 5 aromatic rings. The van der Waals surface area contributed by atoms with Crippen molar-refractivity contribution in [2.75, 3.05) is 0 Å². The third-order valence-electron chi connectivity index (χ3n) is 6.43. The molecule has 0 unspecified atom stereocenters. The second-order valence-corrected chi connectivity index (χ2v) is 11.7. The second-order valence-electron chi connectivity index (χ2n) is 9.42. The molecule has 0 spiro atoms. The number of aryl methyl sites for hydroxylation is 1. The van der Waals surface area contributed by atoms with Crippen LogP contribution in [-0.4, -0.2) is 29.3 Å². The fourth-order valence-electron chi connectivity index (χ4n) is 4.43. The van der Waals surface area contributed by atoms with E-state index in [4.69, 9.17) is 17.4 Å². The number of nitrogens with zero attached hydrogens (tertiary/aromatic N) is 2. The number of benzene rings is 3. The number of aromatic nitrogens is 1. The first-order valence-electron chi connectivity index (χ1n) is 12.5. The molecular weight excluding hydrogens is 682 g/mol. The Bertz CT molecular complexity index is 1870. The van der Waals surface area contributed by atoms with Gasteiger partial charge in [0.15, 0.2) is 10.1 Å². The molecule has 2 aromatic heterocycles. The maximum Gasteiger partial charge on any atom is 0.485 e. The molecule has 2 heterocycles. The number of hydrogen-bond acceptors (Lipinski definition) is 5. The Morgan fingerprint density at radius 2 is 1.34 bits per heavy atom. The van der Waals surface area contributed by atoms with Gasteiger partial charge in [-0.25, -0.2) is 8.42 Å². The van der Waals surface area contributed by atoms with Crippen LogP contribution >= 0.6 is 15.9 Å². The summed E-state index contributed by atoms with van der Waals surface area (Å²) in [7, 11) is -4.15. The molecule has 0 aliphatic carbocycles. The van der Waals surface area contributed by atoms with Gasteiger partial charge in [0.05, 0.1) is 22.9 Å². The van der Waals surface area contributed by atoms with Crippen LogP contribution in [0.25, 0.3) is 21.8 Å². The lowest BCUT2D eigenvalue weighted by molar-refractivity contribution is -0.617. The topological polar surface area (TPSA) is 94.5 Å². The molecule has 0 saturated heterocycles. The lowest BCUT2D eigenvalue weighted by Crippen LogP contribution is -2.34. The number of alkyl halides is 6. The van der Waals surface area contributed by atoms with Crippen molar-refractivity contribution in [2.45, 2.75) is 24.8 Å². The summed E-state index contributed by atoms with van der Waals surface area (Å²) in [6.45, 7) is 0.0759. The van der Waals surface area contributed by atoms with Gasteiger partial charge in [0, 0.05) is 23.2 Å². The first-order valence-corrected chi connectivity index (χ1v) is 14.7. The SMILES string of the molecule is C[n+]1c2ccccc2c(C(=O)N(Cc2ccc(Br)cc2)Cc2ccc(C(F)(F)F)o2)c2ccccc21.O=S(=O)([O-])C(F)(F)F. The van der Waals surface area contributed by atoms with E-state index >= 15 is 0 Å². The van der Waals surface area contributed by atoms with Gasteiger partial charge in [0.1, 0.15) is 12.8 Å². The Balaban J connectivity index is 0.000000488. The Kier molecular flexibility index (Phi) is 9.42. The predicted molar refractivity (Wildman–Crippen MR) is 150 cm³/mol. The molecule has 15 heteroatoms. The number of para-hydroxylation sites is 2. The van der Waals surface area contributed by atoms with Crippen LogP contribution in [-0.2, 0) is 36.4 Å². The van der Waals surface area contributed by atoms with Crippen molar-refractivity contribution < 1.29 is 53.1 Å². The van der Waals surface area contributed by atoms with Crippen LogP contribution in [0.4, 0.5) is 26.3 Å². The van der Waals surface area contributed by atoms with E-state index in [2.05, 4.69) is 15.9 Å². The van der Waals surface area contributed by atoms with Gasteiger partial charge in [-0.15, -0.1) is 0 Å². The summed E-state index contributed by atoms with van der Waals surface area (Å²) in [5.74, 6) is -1.32. The molecule has 1 amide bonds. The molecule has 232 valence electrons. The highest BCUT2D eigenvalue weighted by atomic mass is 79.9. The van der Waals surface area contributed by atoms with Crippen molar-refractivity contribution in [2.24, 2.45) is 7.05 Å². The highest BCUT2D eigenvalue weighted by Gasteiger charge is 2.37. The number of furan rings is 1. The monoisotopic (exact) mass is 702 g/mol. The number of fused-ring (bicyclic) bond motifs is 2. The minimum absolute atomic E-state index is 0.0582. The molecule has 0 aliphatic rings. The van der Waals surface area contributed by atoms with Crippen LogP contribution in [0.5, 0.6) is 0 Å². The Hall–Kier alpha value is -3.95. The van der Waals surface area contributed by atoms with E-state index in [1.54, 1.807) is 0 Å². The first-order chi connectivity index (χ1) is 20.5. The fraction of sp³-hybridized carbons (Fsp3) is 0.172. The molecule has 0 radical (unpaired) electrons. The van der Waals surface area contributed by atoms with Gasteiger partial charge in [-0.05, 0) is 42.0 Å². The van der Waals surface area contributed by atoms with Crippen molar-refractivity contribution >= 4 is 53.8 Å². The van der Waals surface area contributed by atoms with Crippen molar-refractivity contribution in [3.05, 3.63) is 112 Å². The van der Waals surface area contributed by atoms with Crippen LogP contribution in [0.3, 0.4) is 0 Å². The summed E-state index contributed by atoms with van der Waals surface area (Å²) in [5.41, 5.74) is -2.56. The quantitative estimate of drug-likeness (QED) is 0.0641. The summed E-state index contributed by atoms with van der Waals surface area (Å²) < 4.78 is 106. The highest BCUT2D eigenvalue weighted by Crippen LogP contribution is 2.32. The molecule has 0 saturated carbocycles. The molecule has 3 aromatic carbocycles. The van der Waals surface area contributed by atoms with E-state index in [0.29, 0.717) is 5.56 Å². The number of amides is 1. The maximum absolute atomic E-state index is 14.2. The van der Waals surface area contributed by atoms with Crippen molar-refractivity contribution in [1.29, 1.82) is 0 Å². The van der Waals surface area contributed by atoms with Crippen LogP contribution in [0.2, 0.25) is 0 Å². The van der Waals surface area contributed by atoms with E-state index in [0.717, 1.165) is 37.9 Å². The third kappa shape index (κ3) is 7.39. The molecule has 7 nitrogen and oxygen atoms in total.